The van der Waals surface area contributed by atoms with E-state index in [-0.39, 0.29) is 17.9 Å². The number of hydrogen-bond donors (Lipinski definition) is 1. The van der Waals surface area contributed by atoms with Gasteiger partial charge in [-0.3, -0.25) is 4.79 Å². The van der Waals surface area contributed by atoms with Gasteiger partial charge in [0, 0.05) is 18.8 Å². The fraction of sp³-hybridized carbons (Fsp3) is 0.471. The molecule has 5 heteroatoms. The first-order valence-corrected chi connectivity index (χ1v) is 7.73. The van der Waals surface area contributed by atoms with E-state index < -0.39 is 0 Å². The van der Waals surface area contributed by atoms with E-state index in [9.17, 15) is 4.79 Å². The second-order valence-corrected chi connectivity index (χ2v) is 5.75. The second kappa shape index (κ2) is 7.73. The molecule has 2 rings (SSSR count). The Bertz CT molecular complexity index is 593. The van der Waals surface area contributed by atoms with Gasteiger partial charge >= 0.3 is 0 Å². The topological polar surface area (TPSA) is 68.0 Å². The van der Waals surface area contributed by atoms with Crippen molar-refractivity contribution >= 4 is 5.91 Å². The minimum atomic E-state index is 0.0182. The third-order valence-electron chi connectivity index (χ3n) is 3.47. The maximum Gasteiger partial charge on any atom is 0.226 e. The molecule has 1 aromatic carbocycles. The van der Waals surface area contributed by atoms with Crippen molar-refractivity contribution in [3.63, 3.8) is 0 Å². The molecule has 1 aromatic heterocycles. The Morgan fingerprint density at radius 2 is 1.95 bits per heavy atom. The largest absolute Gasteiger partial charge is 0.350 e. The molecule has 0 saturated heterocycles. The molecule has 0 radical (unpaired) electrons. The molecular formula is C17H23N3O2. The zero-order chi connectivity index (χ0) is 15.9. The Morgan fingerprint density at radius 1 is 1.23 bits per heavy atom. The fourth-order valence-electron chi connectivity index (χ4n) is 2.14. The summed E-state index contributed by atoms with van der Waals surface area (Å²) in [6, 6.07) is 9.95. The average Bonchev–Trinajstić information content (AvgIpc) is 2.97. The van der Waals surface area contributed by atoms with E-state index in [1.165, 1.54) is 0 Å². The Labute approximate surface area is 131 Å². The van der Waals surface area contributed by atoms with Crippen molar-refractivity contribution in [3.8, 4) is 0 Å². The van der Waals surface area contributed by atoms with Crippen molar-refractivity contribution < 1.29 is 9.32 Å². The van der Waals surface area contributed by atoms with Gasteiger partial charge in [0.05, 0.1) is 6.04 Å². The number of benzene rings is 1. The van der Waals surface area contributed by atoms with Crippen molar-refractivity contribution in [2.45, 2.75) is 52.0 Å². The van der Waals surface area contributed by atoms with Gasteiger partial charge in [0.25, 0.3) is 0 Å². The van der Waals surface area contributed by atoms with Crippen LogP contribution in [0, 0.1) is 0 Å². The molecule has 0 aliphatic rings. The number of amides is 1. The third-order valence-corrected chi connectivity index (χ3v) is 3.47. The maximum atomic E-state index is 12.0. The average molecular weight is 301 g/mol. The van der Waals surface area contributed by atoms with Gasteiger partial charge in [0.15, 0.2) is 5.82 Å². The number of aromatic nitrogens is 2. The van der Waals surface area contributed by atoms with Crippen LogP contribution in [0.1, 0.15) is 62.9 Å². The minimum Gasteiger partial charge on any atom is -0.350 e. The Balaban J connectivity index is 1.73. The smallest absolute Gasteiger partial charge is 0.226 e. The summed E-state index contributed by atoms with van der Waals surface area (Å²) in [5.74, 6) is 1.62. The molecule has 0 aliphatic heterocycles. The summed E-state index contributed by atoms with van der Waals surface area (Å²) in [6.07, 6.45) is 1.79. The first-order chi connectivity index (χ1) is 10.6. The summed E-state index contributed by atoms with van der Waals surface area (Å²) in [4.78, 5) is 16.3. The standard InChI is InChI=1S/C17H23N3O2/c1-12(2)17-19-16(22-20-17)11-7-10-15(21)18-13(3)14-8-5-4-6-9-14/h4-6,8-9,12-13H,7,10-11H2,1-3H3,(H,18,21)/t13-/m0/s1. The van der Waals surface area contributed by atoms with Crippen LogP contribution in [0.2, 0.25) is 0 Å². The molecule has 1 heterocycles. The highest BCUT2D eigenvalue weighted by atomic mass is 16.5. The van der Waals surface area contributed by atoms with Crippen molar-refractivity contribution in [1.82, 2.24) is 15.5 Å². The van der Waals surface area contributed by atoms with E-state index in [2.05, 4.69) is 15.5 Å². The molecular weight excluding hydrogens is 278 g/mol. The van der Waals surface area contributed by atoms with Gasteiger partial charge in [-0.05, 0) is 18.9 Å². The van der Waals surface area contributed by atoms with E-state index in [1.807, 2.05) is 51.1 Å². The minimum absolute atomic E-state index is 0.0182. The zero-order valence-electron chi connectivity index (χ0n) is 13.4. The van der Waals surface area contributed by atoms with E-state index in [1.54, 1.807) is 0 Å². The number of carbonyl (C=O) groups is 1. The number of rotatable bonds is 7. The molecule has 1 N–H and O–H groups in total. The highest BCUT2D eigenvalue weighted by Crippen LogP contribution is 2.13. The van der Waals surface area contributed by atoms with Crippen LogP contribution in [-0.2, 0) is 11.2 Å². The van der Waals surface area contributed by atoms with Crippen molar-refractivity contribution in [2.24, 2.45) is 0 Å². The fourth-order valence-corrected chi connectivity index (χ4v) is 2.14. The van der Waals surface area contributed by atoms with Crippen molar-refractivity contribution in [3.05, 3.63) is 47.6 Å². The summed E-state index contributed by atoms with van der Waals surface area (Å²) in [5, 5.41) is 6.92. The number of hydrogen-bond acceptors (Lipinski definition) is 4. The lowest BCUT2D eigenvalue weighted by atomic mass is 10.1. The summed E-state index contributed by atoms with van der Waals surface area (Å²) in [5.41, 5.74) is 1.11. The SMILES string of the molecule is CC(C)c1noc(CCCC(=O)N[C@@H](C)c2ccccc2)n1. The molecule has 22 heavy (non-hydrogen) atoms. The Morgan fingerprint density at radius 3 is 2.59 bits per heavy atom. The molecule has 0 fully saturated rings. The lowest BCUT2D eigenvalue weighted by Crippen LogP contribution is -2.26. The van der Waals surface area contributed by atoms with Crippen molar-refractivity contribution in [2.75, 3.05) is 0 Å². The van der Waals surface area contributed by atoms with Crippen LogP contribution in [0.4, 0.5) is 0 Å². The number of nitrogens with zero attached hydrogens (tertiary/aromatic N) is 2. The van der Waals surface area contributed by atoms with Gasteiger partial charge in [0.2, 0.25) is 11.8 Å². The molecule has 0 spiro atoms. The first-order valence-electron chi connectivity index (χ1n) is 7.73. The van der Waals surface area contributed by atoms with Gasteiger partial charge in [-0.15, -0.1) is 0 Å². The molecule has 5 nitrogen and oxygen atoms in total. The lowest BCUT2D eigenvalue weighted by molar-refractivity contribution is -0.121. The molecule has 0 unspecified atom stereocenters. The van der Waals surface area contributed by atoms with Gasteiger partial charge in [-0.25, -0.2) is 0 Å². The summed E-state index contributed by atoms with van der Waals surface area (Å²) >= 11 is 0. The summed E-state index contributed by atoms with van der Waals surface area (Å²) < 4.78 is 5.17. The molecule has 1 atom stereocenters. The van der Waals surface area contributed by atoms with E-state index in [4.69, 9.17) is 4.52 Å². The first kappa shape index (κ1) is 16.2. The monoisotopic (exact) mass is 301 g/mol. The second-order valence-electron chi connectivity index (χ2n) is 5.75. The Hall–Kier alpha value is -2.17. The third kappa shape index (κ3) is 4.69. The predicted octanol–water partition coefficient (Wildman–Crippen LogP) is 3.39. The van der Waals surface area contributed by atoms with Gasteiger partial charge in [-0.2, -0.15) is 4.98 Å². The molecule has 118 valence electrons. The molecule has 1 amide bonds. The normalized spacial score (nSPS) is 12.4. The zero-order valence-corrected chi connectivity index (χ0v) is 13.4. The molecule has 0 saturated carbocycles. The maximum absolute atomic E-state index is 12.0. The predicted molar refractivity (Wildman–Crippen MR) is 84.3 cm³/mol. The van der Waals surface area contributed by atoms with Gasteiger partial charge in [-0.1, -0.05) is 49.3 Å². The van der Waals surface area contributed by atoms with Crippen LogP contribution in [0.15, 0.2) is 34.9 Å². The van der Waals surface area contributed by atoms with Crippen LogP contribution < -0.4 is 5.32 Å². The number of carbonyl (C=O) groups excluding carboxylic acids is 1. The van der Waals surface area contributed by atoms with E-state index >= 15 is 0 Å². The lowest BCUT2D eigenvalue weighted by Gasteiger charge is -2.13. The van der Waals surface area contributed by atoms with E-state index in [0.717, 1.165) is 11.4 Å². The van der Waals surface area contributed by atoms with Crippen LogP contribution in [0.5, 0.6) is 0 Å². The summed E-state index contributed by atoms with van der Waals surface area (Å²) in [7, 11) is 0. The van der Waals surface area contributed by atoms with Gasteiger partial charge < -0.3 is 9.84 Å². The number of aryl methyl sites for hydroxylation is 1. The van der Waals surface area contributed by atoms with E-state index in [0.29, 0.717) is 25.2 Å². The highest BCUT2D eigenvalue weighted by molar-refractivity contribution is 5.76. The van der Waals surface area contributed by atoms with Crippen LogP contribution >= 0.6 is 0 Å². The van der Waals surface area contributed by atoms with Crippen LogP contribution in [0.3, 0.4) is 0 Å². The highest BCUT2D eigenvalue weighted by Gasteiger charge is 2.12. The van der Waals surface area contributed by atoms with Crippen LogP contribution in [0.25, 0.3) is 0 Å². The Kier molecular flexibility index (Phi) is 5.69. The molecule has 2 aromatic rings. The van der Waals surface area contributed by atoms with Crippen LogP contribution in [-0.4, -0.2) is 16.0 Å². The number of nitrogens with one attached hydrogen (secondary N) is 1. The molecule has 0 bridgehead atoms. The van der Waals surface area contributed by atoms with Gasteiger partial charge in [0.1, 0.15) is 0 Å². The summed E-state index contributed by atoms with van der Waals surface area (Å²) in [6.45, 7) is 6.03. The molecule has 0 aliphatic carbocycles. The quantitative estimate of drug-likeness (QED) is 0.851. The van der Waals surface area contributed by atoms with Crippen molar-refractivity contribution in [1.29, 1.82) is 0 Å².